The lowest BCUT2D eigenvalue weighted by molar-refractivity contribution is -0.154. The average molecular weight is 194 g/mol. The molecule has 0 aliphatic heterocycles. The number of rotatable bonds is 3. The molecule has 4 unspecified atom stereocenters. The van der Waals surface area contributed by atoms with E-state index in [1.807, 2.05) is 13.8 Å². The Morgan fingerprint density at radius 3 is 2.79 bits per heavy atom. The zero-order chi connectivity index (χ0) is 10.1. The van der Waals surface area contributed by atoms with Crippen molar-refractivity contribution in [2.45, 2.75) is 39.2 Å². The van der Waals surface area contributed by atoms with Crippen LogP contribution in [0.25, 0.3) is 0 Å². The van der Waals surface area contributed by atoms with Crippen LogP contribution in [0.15, 0.2) is 12.2 Å². The summed E-state index contributed by atoms with van der Waals surface area (Å²) in [5, 5.41) is 0. The number of hydrogen-bond donors (Lipinski definition) is 0. The van der Waals surface area contributed by atoms with Crippen molar-refractivity contribution in [1.82, 2.24) is 0 Å². The molecule has 0 aromatic carbocycles. The molecular weight excluding hydrogens is 176 g/mol. The summed E-state index contributed by atoms with van der Waals surface area (Å²) in [7, 11) is 0. The van der Waals surface area contributed by atoms with Crippen molar-refractivity contribution in [3.05, 3.63) is 12.2 Å². The van der Waals surface area contributed by atoms with E-state index in [0.29, 0.717) is 11.8 Å². The van der Waals surface area contributed by atoms with Crippen molar-refractivity contribution in [3.63, 3.8) is 0 Å². The zero-order valence-corrected chi connectivity index (χ0v) is 8.90. The predicted molar refractivity (Wildman–Crippen MR) is 54.7 cm³/mol. The van der Waals surface area contributed by atoms with Gasteiger partial charge >= 0.3 is 5.97 Å². The Hall–Kier alpha value is -0.790. The Kier molecular flexibility index (Phi) is 2.62. The van der Waals surface area contributed by atoms with Crippen LogP contribution in [-0.2, 0) is 9.53 Å². The van der Waals surface area contributed by atoms with E-state index in [1.165, 1.54) is 6.42 Å². The summed E-state index contributed by atoms with van der Waals surface area (Å²) in [6, 6.07) is 0. The van der Waals surface area contributed by atoms with E-state index >= 15 is 0 Å². The summed E-state index contributed by atoms with van der Waals surface area (Å²) in [4.78, 5) is 11.7. The predicted octanol–water partition coefficient (Wildman–Crippen LogP) is 2.54. The highest BCUT2D eigenvalue weighted by Crippen LogP contribution is 2.43. The number of allylic oxidation sites excluding steroid dienone is 2. The van der Waals surface area contributed by atoms with Crippen LogP contribution in [0.4, 0.5) is 0 Å². The second kappa shape index (κ2) is 3.76. The lowest BCUT2D eigenvalue weighted by Crippen LogP contribution is -2.25. The van der Waals surface area contributed by atoms with E-state index in [0.717, 1.165) is 12.8 Å². The highest BCUT2D eigenvalue weighted by atomic mass is 16.5. The molecule has 4 atom stereocenters. The summed E-state index contributed by atoms with van der Waals surface area (Å²) in [5.74, 6) is 1.29. The van der Waals surface area contributed by atoms with Crippen LogP contribution in [0.2, 0.25) is 0 Å². The summed E-state index contributed by atoms with van der Waals surface area (Å²) >= 11 is 0. The van der Waals surface area contributed by atoms with E-state index in [-0.39, 0.29) is 18.0 Å². The monoisotopic (exact) mass is 194 g/mol. The standard InChI is InChI=1S/C12H18O2/c1-3-8(2)14-12(13)11-7-9-4-5-10(11)6-9/h4-5,8-11H,3,6-7H2,1-2H3. The van der Waals surface area contributed by atoms with Gasteiger partial charge in [-0.1, -0.05) is 19.1 Å². The number of hydrogen-bond acceptors (Lipinski definition) is 2. The fraction of sp³-hybridized carbons (Fsp3) is 0.750. The molecule has 2 nitrogen and oxygen atoms in total. The van der Waals surface area contributed by atoms with Crippen LogP contribution in [0.3, 0.4) is 0 Å². The minimum absolute atomic E-state index is 0.0243. The zero-order valence-electron chi connectivity index (χ0n) is 8.90. The third-order valence-corrected chi connectivity index (χ3v) is 3.47. The first-order chi connectivity index (χ1) is 6.70. The molecule has 14 heavy (non-hydrogen) atoms. The number of ether oxygens (including phenoxy) is 1. The van der Waals surface area contributed by atoms with Gasteiger partial charge in [0.05, 0.1) is 12.0 Å². The molecule has 2 aliphatic rings. The highest BCUT2D eigenvalue weighted by Gasteiger charge is 2.40. The van der Waals surface area contributed by atoms with Gasteiger partial charge in [0.2, 0.25) is 0 Å². The maximum Gasteiger partial charge on any atom is 0.309 e. The SMILES string of the molecule is CCC(C)OC(=O)C1CC2C=CC1C2. The van der Waals surface area contributed by atoms with Crippen molar-refractivity contribution in [1.29, 1.82) is 0 Å². The summed E-state index contributed by atoms with van der Waals surface area (Å²) in [6.07, 6.45) is 7.60. The fourth-order valence-electron chi connectivity index (χ4n) is 2.42. The molecule has 1 fully saturated rings. The van der Waals surface area contributed by atoms with Gasteiger partial charge in [-0.2, -0.15) is 0 Å². The Bertz CT molecular complexity index is 257. The van der Waals surface area contributed by atoms with Gasteiger partial charge in [0.1, 0.15) is 0 Å². The molecule has 0 spiro atoms. The molecule has 0 aromatic rings. The molecule has 2 rings (SSSR count). The van der Waals surface area contributed by atoms with Gasteiger partial charge in [-0.05, 0) is 38.0 Å². The van der Waals surface area contributed by atoms with Gasteiger partial charge in [0, 0.05) is 0 Å². The molecule has 2 aliphatic carbocycles. The minimum atomic E-state index is 0.0243. The van der Waals surface area contributed by atoms with Gasteiger partial charge < -0.3 is 4.74 Å². The van der Waals surface area contributed by atoms with Crippen molar-refractivity contribution in [2.24, 2.45) is 17.8 Å². The van der Waals surface area contributed by atoms with E-state index in [9.17, 15) is 4.79 Å². The first kappa shape index (κ1) is 9.75. The number of carbonyl (C=O) groups is 1. The van der Waals surface area contributed by atoms with Crippen LogP contribution in [0, 0.1) is 17.8 Å². The summed E-state index contributed by atoms with van der Waals surface area (Å²) in [5.41, 5.74) is 0. The molecule has 2 heteroatoms. The fourth-order valence-corrected chi connectivity index (χ4v) is 2.42. The maximum absolute atomic E-state index is 11.7. The second-order valence-electron chi connectivity index (χ2n) is 4.54. The minimum Gasteiger partial charge on any atom is -0.462 e. The Morgan fingerprint density at radius 1 is 1.50 bits per heavy atom. The van der Waals surface area contributed by atoms with Crippen LogP contribution in [0.5, 0.6) is 0 Å². The first-order valence-electron chi connectivity index (χ1n) is 5.59. The first-order valence-corrected chi connectivity index (χ1v) is 5.59. The topological polar surface area (TPSA) is 26.3 Å². The van der Waals surface area contributed by atoms with Gasteiger partial charge in [-0.15, -0.1) is 0 Å². The van der Waals surface area contributed by atoms with E-state index in [2.05, 4.69) is 12.2 Å². The Balaban J connectivity index is 1.90. The Labute approximate surface area is 85.3 Å². The third kappa shape index (κ3) is 1.70. The van der Waals surface area contributed by atoms with Crippen LogP contribution >= 0.6 is 0 Å². The maximum atomic E-state index is 11.7. The van der Waals surface area contributed by atoms with Gasteiger partial charge in [-0.3, -0.25) is 4.79 Å². The number of fused-ring (bicyclic) bond motifs is 2. The van der Waals surface area contributed by atoms with Gasteiger partial charge in [0.25, 0.3) is 0 Å². The molecule has 1 saturated carbocycles. The lowest BCUT2D eigenvalue weighted by Gasteiger charge is -2.19. The van der Waals surface area contributed by atoms with E-state index in [1.54, 1.807) is 0 Å². The van der Waals surface area contributed by atoms with Crippen molar-refractivity contribution >= 4 is 5.97 Å². The highest BCUT2D eigenvalue weighted by molar-refractivity contribution is 5.74. The quantitative estimate of drug-likeness (QED) is 0.510. The molecule has 0 amide bonds. The molecule has 0 aromatic heterocycles. The smallest absolute Gasteiger partial charge is 0.309 e. The van der Waals surface area contributed by atoms with Crippen molar-refractivity contribution in [2.75, 3.05) is 0 Å². The van der Waals surface area contributed by atoms with Gasteiger partial charge in [0.15, 0.2) is 0 Å². The van der Waals surface area contributed by atoms with Crippen molar-refractivity contribution < 1.29 is 9.53 Å². The molecule has 78 valence electrons. The van der Waals surface area contributed by atoms with Gasteiger partial charge in [-0.25, -0.2) is 0 Å². The summed E-state index contributed by atoms with van der Waals surface area (Å²) in [6.45, 7) is 4.00. The number of carbonyl (C=O) groups excluding carboxylic acids is 1. The van der Waals surface area contributed by atoms with E-state index < -0.39 is 0 Å². The summed E-state index contributed by atoms with van der Waals surface area (Å²) < 4.78 is 5.36. The molecule has 0 N–H and O–H groups in total. The molecule has 0 saturated heterocycles. The molecule has 0 heterocycles. The van der Waals surface area contributed by atoms with Crippen LogP contribution in [-0.4, -0.2) is 12.1 Å². The van der Waals surface area contributed by atoms with Crippen LogP contribution in [0.1, 0.15) is 33.1 Å². The Morgan fingerprint density at radius 2 is 2.29 bits per heavy atom. The molecular formula is C12H18O2. The van der Waals surface area contributed by atoms with E-state index in [4.69, 9.17) is 4.74 Å². The molecule has 2 bridgehead atoms. The number of esters is 1. The average Bonchev–Trinajstić information content (AvgIpc) is 2.78. The molecule has 0 radical (unpaired) electrons. The lowest BCUT2D eigenvalue weighted by atomic mass is 9.94. The van der Waals surface area contributed by atoms with Crippen molar-refractivity contribution in [3.8, 4) is 0 Å². The van der Waals surface area contributed by atoms with Crippen LogP contribution < -0.4 is 0 Å². The largest absolute Gasteiger partial charge is 0.462 e. The second-order valence-corrected chi connectivity index (χ2v) is 4.54. The normalized spacial score (nSPS) is 36.0. The third-order valence-electron chi connectivity index (χ3n) is 3.47.